The average Bonchev–Trinajstić information content (AvgIpc) is 3.53. The number of aromatic nitrogens is 4. The lowest BCUT2D eigenvalue weighted by Gasteiger charge is -2.23. The molecule has 2 aromatic heterocycles. The number of likely N-dealkylation sites (tertiary alicyclic amines) is 1. The van der Waals surface area contributed by atoms with Gasteiger partial charge in [-0.2, -0.15) is 26.3 Å². The van der Waals surface area contributed by atoms with Crippen molar-refractivity contribution in [2.24, 2.45) is 0 Å². The zero-order valence-electron chi connectivity index (χ0n) is 22.4. The lowest BCUT2D eigenvalue weighted by molar-refractivity contribution is -0.193. The van der Waals surface area contributed by atoms with Gasteiger partial charge in [0.25, 0.3) is 5.56 Å². The van der Waals surface area contributed by atoms with E-state index in [4.69, 9.17) is 24.5 Å². The largest absolute Gasteiger partial charge is 0.490 e. The van der Waals surface area contributed by atoms with Crippen molar-refractivity contribution in [1.82, 2.24) is 24.6 Å². The first-order valence-corrected chi connectivity index (χ1v) is 12.4. The molecule has 17 heteroatoms. The van der Waals surface area contributed by atoms with Gasteiger partial charge in [0.2, 0.25) is 5.88 Å². The quantitative estimate of drug-likeness (QED) is 0.417. The van der Waals surface area contributed by atoms with Gasteiger partial charge in [0.15, 0.2) is 5.69 Å². The monoisotopic (exact) mass is 617 g/mol. The van der Waals surface area contributed by atoms with Crippen LogP contribution in [-0.4, -0.2) is 79.4 Å². The van der Waals surface area contributed by atoms with Crippen molar-refractivity contribution < 1.29 is 50.9 Å². The highest BCUT2D eigenvalue weighted by molar-refractivity contribution is 5.73. The van der Waals surface area contributed by atoms with Crippen molar-refractivity contribution in [3.05, 3.63) is 70.4 Å². The third kappa shape index (κ3) is 8.06. The summed E-state index contributed by atoms with van der Waals surface area (Å²) in [7, 11) is 1.65. The summed E-state index contributed by atoms with van der Waals surface area (Å²) in [6.45, 7) is 3.30. The first kappa shape index (κ1) is 33.0. The second-order valence-electron chi connectivity index (χ2n) is 9.46. The number of rotatable bonds is 4. The Morgan fingerprint density at radius 3 is 2.07 bits per heavy atom. The second-order valence-corrected chi connectivity index (χ2v) is 9.46. The highest BCUT2D eigenvalue weighted by Crippen LogP contribution is 2.41. The number of hydrogen-bond donors (Lipinski definition) is 2. The third-order valence-electron chi connectivity index (χ3n) is 6.64. The van der Waals surface area contributed by atoms with Crippen molar-refractivity contribution in [1.29, 1.82) is 0 Å². The maximum atomic E-state index is 13.1. The molecule has 1 saturated heterocycles. The van der Waals surface area contributed by atoms with Crippen molar-refractivity contribution in [2.75, 3.05) is 20.2 Å². The summed E-state index contributed by atoms with van der Waals surface area (Å²) in [5, 5.41) is 23.1. The van der Waals surface area contributed by atoms with Gasteiger partial charge in [-0.15, -0.1) is 10.2 Å². The van der Waals surface area contributed by atoms with Crippen molar-refractivity contribution in [2.45, 2.75) is 43.7 Å². The van der Waals surface area contributed by atoms with Crippen LogP contribution in [0.1, 0.15) is 24.2 Å². The fourth-order valence-corrected chi connectivity index (χ4v) is 4.68. The Kier molecular flexibility index (Phi) is 10.1. The number of carboxylic acids is 2. The van der Waals surface area contributed by atoms with Crippen molar-refractivity contribution in [3.8, 4) is 17.1 Å². The molecule has 3 aromatic rings. The normalized spacial score (nSPS) is 17.7. The molecule has 0 amide bonds. The molecule has 11 nitrogen and oxygen atoms in total. The molecule has 2 aliphatic heterocycles. The van der Waals surface area contributed by atoms with Crippen LogP contribution in [0.3, 0.4) is 0 Å². The Bertz CT molecular complexity index is 1470. The van der Waals surface area contributed by atoms with E-state index in [0.717, 1.165) is 49.4 Å². The Balaban J connectivity index is 0.000000303. The fourth-order valence-electron chi connectivity index (χ4n) is 4.68. The van der Waals surface area contributed by atoms with Gasteiger partial charge in [-0.05, 0) is 25.5 Å². The van der Waals surface area contributed by atoms with E-state index in [-0.39, 0.29) is 11.0 Å². The second kappa shape index (κ2) is 13.2. The number of aliphatic carboxylic acids is 2. The Labute approximate surface area is 239 Å². The molecule has 43 heavy (non-hydrogen) atoms. The number of carboxylic acid groups (broad SMARTS) is 2. The summed E-state index contributed by atoms with van der Waals surface area (Å²) in [5.41, 5.74) is 2.19. The highest BCUT2D eigenvalue weighted by atomic mass is 19.4. The molecule has 2 N–H and O–H groups in total. The number of ether oxygens (including phenoxy) is 1. The van der Waals surface area contributed by atoms with Gasteiger partial charge >= 0.3 is 24.3 Å². The fraction of sp³-hybridized carbons (Fsp3) is 0.385. The van der Waals surface area contributed by atoms with E-state index in [1.807, 2.05) is 41.0 Å². The first-order chi connectivity index (χ1) is 20.1. The molecule has 1 atom stereocenters. The van der Waals surface area contributed by atoms with Gasteiger partial charge < -0.3 is 14.9 Å². The van der Waals surface area contributed by atoms with Crippen LogP contribution in [0.2, 0.25) is 0 Å². The lowest BCUT2D eigenvalue weighted by Crippen LogP contribution is -2.33. The number of nitrogens with zero attached hydrogens (tertiary/aromatic N) is 5. The summed E-state index contributed by atoms with van der Waals surface area (Å²) >= 11 is 0. The van der Waals surface area contributed by atoms with E-state index in [1.54, 1.807) is 13.3 Å². The predicted octanol–water partition coefficient (Wildman–Crippen LogP) is 3.52. The minimum atomic E-state index is -5.08. The van der Waals surface area contributed by atoms with Gasteiger partial charge in [-0.3, -0.25) is 14.3 Å². The molecule has 0 aliphatic carbocycles. The number of hydrogen-bond acceptors (Lipinski definition) is 8. The van der Waals surface area contributed by atoms with Gasteiger partial charge in [-0.25, -0.2) is 14.6 Å². The van der Waals surface area contributed by atoms with E-state index >= 15 is 0 Å². The van der Waals surface area contributed by atoms with Gasteiger partial charge in [-0.1, -0.05) is 36.4 Å². The number of alkyl halides is 6. The van der Waals surface area contributed by atoms with Gasteiger partial charge in [0, 0.05) is 42.4 Å². The van der Waals surface area contributed by atoms with Crippen molar-refractivity contribution in [3.63, 3.8) is 0 Å². The number of fused-ring (bicyclic) bond motifs is 2. The predicted molar refractivity (Wildman–Crippen MR) is 136 cm³/mol. The topological polar surface area (TPSA) is 148 Å². The molecule has 0 radical (unpaired) electrons. The summed E-state index contributed by atoms with van der Waals surface area (Å²) in [5.74, 6) is -4.01. The Hall–Kier alpha value is -4.54. The van der Waals surface area contributed by atoms with Crippen LogP contribution < -0.4 is 10.3 Å². The van der Waals surface area contributed by atoms with Crippen LogP contribution in [0.25, 0.3) is 11.3 Å². The summed E-state index contributed by atoms with van der Waals surface area (Å²) in [4.78, 5) is 37.6. The molecule has 1 spiro atoms. The molecule has 0 bridgehead atoms. The minimum absolute atomic E-state index is 0.0366. The van der Waals surface area contributed by atoms with E-state index in [0.29, 0.717) is 18.1 Å². The smallest absolute Gasteiger partial charge is 0.481 e. The van der Waals surface area contributed by atoms with Gasteiger partial charge in [0.1, 0.15) is 5.82 Å². The standard InChI is InChI=1S/C22H23N5O2.2C2HF3O2/c1-29-19-17(8-5-11-23-19)14-26-12-9-22(15-26)10-13-27-20(28)18(24-25-21(22)27)16-6-3-2-4-7-16;2*3-2(4,5)1(6)7/h2-8,11H,9-10,12-15H2,1H3;2*(H,6,7). The molecule has 2 aliphatic rings. The van der Waals surface area contributed by atoms with Crippen LogP contribution in [0.15, 0.2) is 53.5 Å². The molecule has 0 saturated carbocycles. The van der Waals surface area contributed by atoms with Crippen molar-refractivity contribution >= 4 is 11.9 Å². The maximum absolute atomic E-state index is 13.1. The number of benzene rings is 1. The molecule has 4 heterocycles. The van der Waals surface area contributed by atoms with Crippen LogP contribution in [-0.2, 0) is 28.1 Å². The van der Waals surface area contributed by atoms with Crippen LogP contribution >= 0.6 is 0 Å². The summed E-state index contributed by atoms with van der Waals surface area (Å²) < 4.78 is 70.7. The van der Waals surface area contributed by atoms with E-state index < -0.39 is 24.3 Å². The number of methoxy groups -OCH3 is 1. The molecule has 1 unspecified atom stereocenters. The molecular weight excluding hydrogens is 592 g/mol. The van der Waals surface area contributed by atoms with Crippen LogP contribution in [0, 0.1) is 0 Å². The maximum Gasteiger partial charge on any atom is 0.490 e. The zero-order valence-corrected chi connectivity index (χ0v) is 22.4. The molecular formula is C26H25F6N5O6. The highest BCUT2D eigenvalue weighted by Gasteiger charge is 2.47. The van der Waals surface area contributed by atoms with E-state index in [1.165, 1.54) is 0 Å². The number of pyridine rings is 1. The summed E-state index contributed by atoms with van der Waals surface area (Å²) in [6.07, 6.45) is -6.52. The van der Waals surface area contributed by atoms with Gasteiger partial charge in [0.05, 0.1) is 7.11 Å². The number of halogens is 6. The molecule has 5 rings (SSSR count). The SMILES string of the molecule is COc1ncccc1CN1CCC2(CCn3c2nnc(-c2ccccc2)c3=O)C1.O=C(O)C(F)(F)F.O=C(O)C(F)(F)F. The van der Waals surface area contributed by atoms with Crippen LogP contribution in [0.5, 0.6) is 5.88 Å². The Morgan fingerprint density at radius 2 is 1.51 bits per heavy atom. The van der Waals surface area contributed by atoms with E-state index in [9.17, 15) is 31.1 Å². The number of carbonyl (C=O) groups is 2. The van der Waals surface area contributed by atoms with E-state index in [2.05, 4.69) is 26.1 Å². The van der Waals surface area contributed by atoms with Crippen LogP contribution in [0.4, 0.5) is 26.3 Å². The first-order valence-electron chi connectivity index (χ1n) is 12.4. The average molecular weight is 618 g/mol. The third-order valence-corrected chi connectivity index (χ3v) is 6.64. The Morgan fingerprint density at radius 1 is 0.930 bits per heavy atom. The summed E-state index contributed by atoms with van der Waals surface area (Å²) in [6, 6.07) is 13.6. The molecule has 1 fully saturated rings. The lowest BCUT2D eigenvalue weighted by atomic mass is 9.85. The zero-order chi connectivity index (χ0) is 32.0. The molecule has 1 aromatic carbocycles. The molecule has 232 valence electrons. The minimum Gasteiger partial charge on any atom is -0.481 e.